The maximum Gasteiger partial charge on any atom is 0.125 e. The maximum atomic E-state index is 12.9. The van der Waals surface area contributed by atoms with Gasteiger partial charge < -0.3 is 11.1 Å². The van der Waals surface area contributed by atoms with Crippen LogP contribution in [-0.4, -0.2) is 12.6 Å². The van der Waals surface area contributed by atoms with Gasteiger partial charge in [-0.1, -0.05) is 6.07 Å². The summed E-state index contributed by atoms with van der Waals surface area (Å²) < 4.78 is 12.9. The lowest BCUT2D eigenvalue weighted by Crippen LogP contribution is -2.29. The van der Waals surface area contributed by atoms with Crippen molar-refractivity contribution >= 4 is 5.69 Å². The van der Waals surface area contributed by atoms with Crippen LogP contribution in [0, 0.1) is 11.7 Å². The van der Waals surface area contributed by atoms with Crippen LogP contribution in [-0.2, 0) is 0 Å². The topological polar surface area (TPSA) is 38.0 Å². The van der Waals surface area contributed by atoms with Gasteiger partial charge in [0.15, 0.2) is 0 Å². The predicted octanol–water partition coefficient (Wildman–Crippen LogP) is 2.76. The summed E-state index contributed by atoms with van der Waals surface area (Å²) in [5.74, 6) is 0.499. The van der Waals surface area contributed by atoms with Crippen LogP contribution < -0.4 is 11.1 Å². The Labute approximate surface area is 96.0 Å². The molecule has 0 heterocycles. The number of halogens is 1. The summed E-state index contributed by atoms with van der Waals surface area (Å²) in [7, 11) is 0. The van der Waals surface area contributed by atoms with E-state index >= 15 is 0 Å². The molecule has 1 fully saturated rings. The van der Waals surface area contributed by atoms with Gasteiger partial charge >= 0.3 is 0 Å². The Bertz CT molecular complexity index is 332. The fraction of sp³-hybridized carbons (Fsp3) is 0.538. The molecular weight excluding hydrogens is 203 g/mol. The lowest BCUT2D eigenvalue weighted by Gasteiger charge is -2.26. The maximum absolute atomic E-state index is 12.9. The Morgan fingerprint density at radius 2 is 2.00 bits per heavy atom. The zero-order valence-electron chi connectivity index (χ0n) is 9.45. The van der Waals surface area contributed by atoms with E-state index in [-0.39, 0.29) is 5.82 Å². The van der Waals surface area contributed by atoms with Crippen molar-refractivity contribution in [2.24, 2.45) is 11.7 Å². The highest BCUT2D eigenvalue weighted by atomic mass is 19.1. The van der Waals surface area contributed by atoms with E-state index in [0.29, 0.717) is 12.0 Å². The molecule has 1 aromatic rings. The largest absolute Gasteiger partial charge is 0.385 e. The molecule has 0 atom stereocenters. The average Bonchev–Trinajstić information content (AvgIpc) is 2.28. The van der Waals surface area contributed by atoms with E-state index < -0.39 is 0 Å². The Kier molecular flexibility index (Phi) is 3.78. The molecule has 88 valence electrons. The third-order valence-corrected chi connectivity index (χ3v) is 3.31. The summed E-state index contributed by atoms with van der Waals surface area (Å²) in [6.07, 6.45) is 4.61. The van der Waals surface area contributed by atoms with Crippen LogP contribution in [0.2, 0.25) is 0 Å². The zero-order valence-corrected chi connectivity index (χ0v) is 9.45. The Hall–Kier alpha value is -1.09. The fourth-order valence-electron chi connectivity index (χ4n) is 2.25. The molecule has 3 N–H and O–H groups in total. The highest BCUT2D eigenvalue weighted by Crippen LogP contribution is 2.23. The molecule has 0 spiro atoms. The minimum Gasteiger partial charge on any atom is -0.385 e. The second kappa shape index (κ2) is 5.30. The molecule has 16 heavy (non-hydrogen) atoms. The normalized spacial score (nSPS) is 25.4. The first kappa shape index (κ1) is 11.4. The van der Waals surface area contributed by atoms with Gasteiger partial charge in [0.1, 0.15) is 5.82 Å². The summed E-state index contributed by atoms with van der Waals surface area (Å²) in [5, 5.41) is 3.29. The summed E-state index contributed by atoms with van der Waals surface area (Å²) in [5.41, 5.74) is 6.72. The molecule has 0 amide bonds. The van der Waals surface area contributed by atoms with Crippen molar-refractivity contribution in [2.75, 3.05) is 11.9 Å². The van der Waals surface area contributed by atoms with E-state index in [1.807, 2.05) is 6.07 Å². The molecule has 2 rings (SSSR count). The average molecular weight is 222 g/mol. The molecule has 1 aromatic carbocycles. The van der Waals surface area contributed by atoms with Gasteiger partial charge in [0.2, 0.25) is 0 Å². The van der Waals surface area contributed by atoms with Crippen molar-refractivity contribution in [3.05, 3.63) is 30.1 Å². The number of benzene rings is 1. The van der Waals surface area contributed by atoms with Crippen molar-refractivity contribution in [3.8, 4) is 0 Å². The molecule has 1 aliphatic rings. The highest BCUT2D eigenvalue weighted by molar-refractivity contribution is 5.42. The molecule has 0 bridgehead atoms. The molecule has 0 aliphatic heterocycles. The van der Waals surface area contributed by atoms with Gasteiger partial charge in [-0.2, -0.15) is 0 Å². The smallest absolute Gasteiger partial charge is 0.125 e. The molecule has 1 saturated carbocycles. The van der Waals surface area contributed by atoms with Gasteiger partial charge in [0, 0.05) is 18.3 Å². The van der Waals surface area contributed by atoms with E-state index in [1.165, 1.54) is 25.0 Å². The summed E-state index contributed by atoms with van der Waals surface area (Å²) in [4.78, 5) is 0. The van der Waals surface area contributed by atoms with Crippen molar-refractivity contribution in [2.45, 2.75) is 31.7 Å². The number of anilines is 1. The van der Waals surface area contributed by atoms with Crippen LogP contribution in [0.1, 0.15) is 25.7 Å². The number of nitrogens with two attached hydrogens (primary N) is 1. The third kappa shape index (κ3) is 3.20. The first-order valence-corrected chi connectivity index (χ1v) is 5.99. The van der Waals surface area contributed by atoms with Gasteiger partial charge in [-0.05, 0) is 49.8 Å². The monoisotopic (exact) mass is 222 g/mol. The van der Waals surface area contributed by atoms with E-state index in [0.717, 1.165) is 25.1 Å². The number of nitrogens with one attached hydrogen (secondary N) is 1. The molecule has 0 unspecified atom stereocenters. The summed E-state index contributed by atoms with van der Waals surface area (Å²) in [6.45, 7) is 0.927. The van der Waals surface area contributed by atoms with Crippen LogP contribution in [0.3, 0.4) is 0 Å². The minimum absolute atomic E-state index is 0.185. The van der Waals surface area contributed by atoms with Crippen LogP contribution >= 0.6 is 0 Å². The fourth-order valence-corrected chi connectivity index (χ4v) is 2.25. The SMILES string of the molecule is N[C@H]1CC[C@H](CNc2cccc(F)c2)CC1. The minimum atomic E-state index is -0.185. The molecular formula is C13H19FN2. The Morgan fingerprint density at radius 1 is 1.25 bits per heavy atom. The number of hydrogen-bond acceptors (Lipinski definition) is 2. The second-order valence-electron chi connectivity index (χ2n) is 4.67. The molecule has 3 heteroatoms. The molecule has 0 aromatic heterocycles. The molecule has 0 saturated heterocycles. The van der Waals surface area contributed by atoms with Crippen molar-refractivity contribution in [1.82, 2.24) is 0 Å². The second-order valence-corrected chi connectivity index (χ2v) is 4.67. The first-order chi connectivity index (χ1) is 7.74. The van der Waals surface area contributed by atoms with E-state index in [4.69, 9.17) is 5.73 Å². The summed E-state index contributed by atoms with van der Waals surface area (Å²) in [6, 6.07) is 7.02. The molecule has 0 radical (unpaired) electrons. The van der Waals surface area contributed by atoms with Crippen molar-refractivity contribution in [1.29, 1.82) is 0 Å². The highest BCUT2D eigenvalue weighted by Gasteiger charge is 2.17. The Morgan fingerprint density at radius 3 is 2.69 bits per heavy atom. The lowest BCUT2D eigenvalue weighted by molar-refractivity contribution is 0.339. The van der Waals surface area contributed by atoms with E-state index in [9.17, 15) is 4.39 Å². The Balaban J connectivity index is 1.79. The van der Waals surface area contributed by atoms with Gasteiger partial charge in [-0.3, -0.25) is 0 Å². The van der Waals surface area contributed by atoms with Crippen LogP contribution in [0.5, 0.6) is 0 Å². The molecule has 2 nitrogen and oxygen atoms in total. The van der Waals surface area contributed by atoms with Crippen LogP contribution in [0.15, 0.2) is 24.3 Å². The zero-order chi connectivity index (χ0) is 11.4. The third-order valence-electron chi connectivity index (χ3n) is 3.31. The van der Waals surface area contributed by atoms with Crippen molar-refractivity contribution in [3.63, 3.8) is 0 Å². The van der Waals surface area contributed by atoms with Gasteiger partial charge in [0.25, 0.3) is 0 Å². The van der Waals surface area contributed by atoms with Gasteiger partial charge in [-0.15, -0.1) is 0 Å². The van der Waals surface area contributed by atoms with Crippen LogP contribution in [0.25, 0.3) is 0 Å². The predicted molar refractivity (Wildman–Crippen MR) is 64.8 cm³/mol. The first-order valence-electron chi connectivity index (χ1n) is 5.99. The lowest BCUT2D eigenvalue weighted by atomic mass is 9.86. The quantitative estimate of drug-likeness (QED) is 0.825. The van der Waals surface area contributed by atoms with Gasteiger partial charge in [0.05, 0.1) is 0 Å². The van der Waals surface area contributed by atoms with Gasteiger partial charge in [-0.25, -0.2) is 4.39 Å². The van der Waals surface area contributed by atoms with E-state index in [1.54, 1.807) is 6.07 Å². The molecule has 1 aliphatic carbocycles. The van der Waals surface area contributed by atoms with Crippen LogP contribution in [0.4, 0.5) is 10.1 Å². The standard InChI is InChI=1S/C13H19FN2/c14-11-2-1-3-13(8-11)16-9-10-4-6-12(15)7-5-10/h1-3,8,10,12,16H,4-7,9,15H2/t10-,12-. The van der Waals surface area contributed by atoms with E-state index in [2.05, 4.69) is 5.32 Å². The summed E-state index contributed by atoms with van der Waals surface area (Å²) >= 11 is 0. The number of rotatable bonds is 3. The van der Waals surface area contributed by atoms with Crippen molar-refractivity contribution < 1.29 is 4.39 Å². The number of hydrogen-bond donors (Lipinski definition) is 2.